The summed E-state index contributed by atoms with van der Waals surface area (Å²) in [7, 11) is 0.337. The van der Waals surface area contributed by atoms with Gasteiger partial charge in [-0.15, -0.1) is 0 Å². The molecule has 106 valence electrons. The number of benzene rings is 1. The van der Waals surface area contributed by atoms with Gasteiger partial charge < -0.3 is 0 Å². The number of hydrogen-bond acceptors (Lipinski definition) is 4. The molecule has 0 saturated carbocycles. The minimum absolute atomic E-state index is 0.0762. The Morgan fingerprint density at radius 2 is 1.79 bits per heavy atom. The fourth-order valence-corrected chi connectivity index (χ4v) is 2.51. The van der Waals surface area contributed by atoms with Crippen LogP contribution in [0.3, 0.4) is 0 Å². The van der Waals surface area contributed by atoms with Gasteiger partial charge in [-0.3, -0.25) is 9.63 Å². The predicted octanol–water partition coefficient (Wildman–Crippen LogP) is 0.980. The van der Waals surface area contributed by atoms with Crippen molar-refractivity contribution in [1.29, 1.82) is 0 Å². The molecule has 0 bridgehead atoms. The van der Waals surface area contributed by atoms with Crippen molar-refractivity contribution >= 4 is 27.5 Å². The van der Waals surface area contributed by atoms with Crippen LogP contribution in [0.5, 0.6) is 0 Å². The topological polar surface area (TPSA) is 66.9 Å². The molecule has 1 aromatic rings. The van der Waals surface area contributed by atoms with E-state index in [0.717, 1.165) is 9.37 Å². The number of likely N-dealkylation sites (N-methyl/N-ethyl adjacent to an activating group) is 2. The number of nitrogens with zero attached hydrogens (tertiary/aromatic N) is 2. The van der Waals surface area contributed by atoms with Crippen molar-refractivity contribution in [1.82, 2.24) is 9.37 Å². The molecule has 6 nitrogen and oxygen atoms in total. The first-order valence-electron chi connectivity index (χ1n) is 5.31. The molecule has 0 radical (unpaired) electrons. The van der Waals surface area contributed by atoms with Crippen LogP contribution in [0.4, 0.5) is 0 Å². The highest BCUT2D eigenvalue weighted by Crippen LogP contribution is 2.17. The zero-order valence-corrected chi connectivity index (χ0v) is 12.4. The van der Waals surface area contributed by atoms with Gasteiger partial charge in [-0.1, -0.05) is 11.6 Å². The maximum Gasteiger partial charge on any atom is 0.261 e. The molecule has 0 spiro atoms. The van der Waals surface area contributed by atoms with Crippen molar-refractivity contribution in [2.75, 3.05) is 27.7 Å². The number of rotatable bonds is 5. The van der Waals surface area contributed by atoms with Crippen LogP contribution in [-0.4, -0.2) is 51.4 Å². The molecule has 0 N–H and O–H groups in total. The maximum absolute atomic E-state index is 12.2. The summed E-state index contributed by atoms with van der Waals surface area (Å²) in [6.45, 7) is -0.310. The Bertz CT molecular complexity index is 544. The number of sulfonamides is 1. The molecule has 0 fully saturated rings. The van der Waals surface area contributed by atoms with Crippen molar-refractivity contribution in [2.45, 2.75) is 4.90 Å². The minimum Gasteiger partial charge on any atom is -0.275 e. The second kappa shape index (κ2) is 6.33. The summed E-state index contributed by atoms with van der Waals surface area (Å²) in [4.78, 5) is 16.4. The summed E-state index contributed by atoms with van der Waals surface area (Å²) in [6.07, 6.45) is 0. The Kier molecular flexibility index (Phi) is 5.30. The first kappa shape index (κ1) is 15.9. The van der Waals surface area contributed by atoms with E-state index in [-0.39, 0.29) is 11.4 Å². The van der Waals surface area contributed by atoms with Crippen molar-refractivity contribution < 1.29 is 18.0 Å². The van der Waals surface area contributed by atoms with Gasteiger partial charge in [-0.2, -0.15) is 4.31 Å². The van der Waals surface area contributed by atoms with E-state index in [2.05, 4.69) is 0 Å². The van der Waals surface area contributed by atoms with E-state index in [1.807, 2.05) is 0 Å². The summed E-state index contributed by atoms with van der Waals surface area (Å²) < 4.78 is 25.3. The summed E-state index contributed by atoms with van der Waals surface area (Å²) in [5, 5.41) is 1.41. The number of carbonyl (C=O) groups is 1. The van der Waals surface area contributed by atoms with Crippen molar-refractivity contribution in [3.05, 3.63) is 29.3 Å². The number of amides is 1. The van der Waals surface area contributed by atoms with Gasteiger partial charge >= 0.3 is 0 Å². The zero-order valence-electron chi connectivity index (χ0n) is 10.8. The molecule has 1 aromatic carbocycles. The third kappa shape index (κ3) is 3.90. The van der Waals surface area contributed by atoms with E-state index in [9.17, 15) is 13.2 Å². The van der Waals surface area contributed by atoms with Gasteiger partial charge in [-0.05, 0) is 24.3 Å². The fraction of sp³-hybridized carbons (Fsp3) is 0.364. The SMILES string of the molecule is CON(C)C(=O)CN(C)S(=O)(=O)c1ccc(Cl)cc1. The van der Waals surface area contributed by atoms with Crippen molar-refractivity contribution in [2.24, 2.45) is 0 Å². The minimum atomic E-state index is -3.72. The summed E-state index contributed by atoms with van der Waals surface area (Å²) >= 11 is 5.70. The lowest BCUT2D eigenvalue weighted by Gasteiger charge is -2.20. The molecule has 0 saturated heterocycles. The van der Waals surface area contributed by atoms with Gasteiger partial charge in [0.2, 0.25) is 10.0 Å². The largest absolute Gasteiger partial charge is 0.275 e. The smallest absolute Gasteiger partial charge is 0.261 e. The van der Waals surface area contributed by atoms with Crippen LogP contribution in [0, 0.1) is 0 Å². The molecular formula is C11H15ClN2O4S. The zero-order chi connectivity index (χ0) is 14.6. The monoisotopic (exact) mass is 306 g/mol. The lowest BCUT2D eigenvalue weighted by molar-refractivity contribution is -0.168. The maximum atomic E-state index is 12.2. The Morgan fingerprint density at radius 1 is 1.26 bits per heavy atom. The van der Waals surface area contributed by atoms with Gasteiger partial charge in [-0.25, -0.2) is 13.5 Å². The van der Waals surface area contributed by atoms with E-state index in [1.165, 1.54) is 45.5 Å². The number of carbonyl (C=O) groups excluding carboxylic acids is 1. The Labute approximate surface area is 117 Å². The molecule has 0 aliphatic rings. The van der Waals surface area contributed by atoms with Crippen LogP contribution in [0.15, 0.2) is 29.2 Å². The third-order valence-corrected chi connectivity index (χ3v) is 4.57. The first-order chi connectivity index (χ1) is 8.78. The van der Waals surface area contributed by atoms with Gasteiger partial charge in [0.25, 0.3) is 5.91 Å². The molecule has 19 heavy (non-hydrogen) atoms. The molecule has 0 heterocycles. The first-order valence-corrected chi connectivity index (χ1v) is 7.13. The van der Waals surface area contributed by atoms with Crippen LogP contribution in [0.1, 0.15) is 0 Å². The summed E-state index contributed by atoms with van der Waals surface area (Å²) in [5.74, 6) is -0.470. The summed E-state index contributed by atoms with van der Waals surface area (Å²) in [5.41, 5.74) is 0. The predicted molar refractivity (Wildman–Crippen MR) is 71.0 cm³/mol. The average Bonchev–Trinajstić information content (AvgIpc) is 2.38. The number of hydrogen-bond donors (Lipinski definition) is 0. The molecule has 1 amide bonds. The van der Waals surface area contributed by atoms with Gasteiger partial charge in [0.05, 0.1) is 18.6 Å². The highest BCUT2D eigenvalue weighted by atomic mass is 35.5. The Hall–Kier alpha value is -1.15. The molecule has 8 heteroatoms. The van der Waals surface area contributed by atoms with Crippen LogP contribution in [-0.2, 0) is 19.7 Å². The molecule has 0 aromatic heterocycles. The molecule has 0 aliphatic heterocycles. The van der Waals surface area contributed by atoms with Crippen LogP contribution in [0.2, 0.25) is 5.02 Å². The van der Waals surface area contributed by atoms with Crippen LogP contribution in [0.25, 0.3) is 0 Å². The lowest BCUT2D eigenvalue weighted by atomic mass is 10.4. The third-order valence-electron chi connectivity index (χ3n) is 2.50. The number of hydroxylamine groups is 2. The standard InChI is InChI=1S/C11H15ClN2O4S/c1-13(8-11(15)14(2)18-3)19(16,17)10-6-4-9(12)5-7-10/h4-7H,8H2,1-3H3. The fourth-order valence-electron chi connectivity index (χ4n) is 1.26. The van der Waals surface area contributed by atoms with E-state index < -0.39 is 15.9 Å². The molecular weight excluding hydrogens is 292 g/mol. The van der Waals surface area contributed by atoms with E-state index in [0.29, 0.717) is 5.02 Å². The molecule has 1 rings (SSSR count). The second-order valence-electron chi connectivity index (χ2n) is 3.79. The molecule has 0 atom stereocenters. The second-order valence-corrected chi connectivity index (χ2v) is 6.27. The van der Waals surface area contributed by atoms with Crippen LogP contribution >= 0.6 is 11.6 Å². The molecule has 0 aliphatic carbocycles. The van der Waals surface area contributed by atoms with E-state index in [4.69, 9.17) is 16.4 Å². The van der Waals surface area contributed by atoms with Crippen molar-refractivity contribution in [3.8, 4) is 0 Å². The van der Waals surface area contributed by atoms with E-state index in [1.54, 1.807) is 0 Å². The molecule has 0 unspecified atom stereocenters. The average molecular weight is 307 g/mol. The highest BCUT2D eigenvalue weighted by Gasteiger charge is 2.24. The van der Waals surface area contributed by atoms with Gasteiger partial charge in [0.1, 0.15) is 0 Å². The van der Waals surface area contributed by atoms with Gasteiger partial charge in [0.15, 0.2) is 0 Å². The lowest BCUT2D eigenvalue weighted by Crippen LogP contribution is -2.38. The Balaban J connectivity index is 2.88. The van der Waals surface area contributed by atoms with Gasteiger partial charge in [0, 0.05) is 19.1 Å². The quantitative estimate of drug-likeness (QED) is 0.761. The highest BCUT2D eigenvalue weighted by molar-refractivity contribution is 7.89. The van der Waals surface area contributed by atoms with E-state index >= 15 is 0 Å². The Morgan fingerprint density at radius 3 is 2.26 bits per heavy atom. The summed E-state index contributed by atoms with van der Waals surface area (Å²) in [6, 6.07) is 5.73. The normalized spacial score (nSPS) is 11.6. The van der Waals surface area contributed by atoms with Crippen LogP contribution < -0.4 is 0 Å². The number of halogens is 1. The van der Waals surface area contributed by atoms with Crippen molar-refractivity contribution in [3.63, 3.8) is 0 Å².